The minimum Gasteiger partial charge on any atom is -0.206 e. The van der Waals surface area contributed by atoms with Crippen molar-refractivity contribution in [2.24, 2.45) is 17.8 Å². The second-order valence-electron chi connectivity index (χ2n) is 8.93. The molecule has 2 saturated carbocycles. The van der Waals surface area contributed by atoms with Crippen molar-refractivity contribution < 1.29 is 17.6 Å². The van der Waals surface area contributed by atoms with Gasteiger partial charge in [-0.2, -0.15) is 0 Å². The van der Waals surface area contributed by atoms with Crippen LogP contribution < -0.4 is 0 Å². The molecule has 2 fully saturated rings. The van der Waals surface area contributed by atoms with E-state index in [2.05, 4.69) is 6.92 Å². The molecule has 0 atom stereocenters. The van der Waals surface area contributed by atoms with Crippen molar-refractivity contribution in [3.63, 3.8) is 0 Å². The monoisotopic (exact) mass is 384 g/mol. The summed E-state index contributed by atoms with van der Waals surface area (Å²) in [5.74, 6) is -3.22. The highest BCUT2D eigenvalue weighted by atomic mass is 19.3. The predicted octanol–water partition coefficient (Wildman–Crippen LogP) is 7.96. The maximum Gasteiger partial charge on any atom is 0.276 e. The van der Waals surface area contributed by atoms with Gasteiger partial charge in [0.25, 0.3) is 5.92 Å². The van der Waals surface area contributed by atoms with E-state index < -0.39 is 23.1 Å². The van der Waals surface area contributed by atoms with Crippen LogP contribution in [0.4, 0.5) is 17.6 Å². The van der Waals surface area contributed by atoms with E-state index in [1.807, 2.05) is 0 Å². The molecule has 0 N–H and O–H groups in total. The van der Waals surface area contributed by atoms with E-state index in [1.165, 1.54) is 38.5 Å². The van der Waals surface area contributed by atoms with Crippen LogP contribution in [0.2, 0.25) is 0 Å². The molecule has 27 heavy (non-hydrogen) atoms. The SMILES string of the molecule is CCC[C@H]1CC[C@H](C2CCC(c3cc(F)c(C(C)(F)F)c(F)c3)CC2)CC1. The van der Waals surface area contributed by atoms with Gasteiger partial charge in [0.1, 0.15) is 11.6 Å². The van der Waals surface area contributed by atoms with E-state index in [-0.39, 0.29) is 5.92 Å². The van der Waals surface area contributed by atoms with Crippen molar-refractivity contribution >= 4 is 0 Å². The number of halogens is 4. The van der Waals surface area contributed by atoms with E-state index in [9.17, 15) is 17.6 Å². The summed E-state index contributed by atoms with van der Waals surface area (Å²) in [7, 11) is 0. The van der Waals surface area contributed by atoms with Crippen LogP contribution in [-0.4, -0.2) is 0 Å². The number of benzene rings is 1. The Kier molecular flexibility index (Phi) is 6.53. The van der Waals surface area contributed by atoms with Crippen molar-refractivity contribution in [3.8, 4) is 0 Å². The minimum absolute atomic E-state index is 0.0845. The Hall–Kier alpha value is -1.06. The van der Waals surface area contributed by atoms with Crippen LogP contribution in [0.15, 0.2) is 12.1 Å². The number of hydrogen-bond acceptors (Lipinski definition) is 0. The Bertz CT molecular complexity index is 595. The Balaban J connectivity index is 1.58. The first-order valence-electron chi connectivity index (χ1n) is 10.7. The molecule has 0 nitrogen and oxygen atoms in total. The largest absolute Gasteiger partial charge is 0.276 e. The van der Waals surface area contributed by atoms with Crippen molar-refractivity contribution in [3.05, 3.63) is 34.9 Å². The van der Waals surface area contributed by atoms with Crippen LogP contribution in [-0.2, 0) is 5.92 Å². The molecule has 0 saturated heterocycles. The van der Waals surface area contributed by atoms with Gasteiger partial charge in [0.2, 0.25) is 0 Å². The average Bonchev–Trinajstić information content (AvgIpc) is 2.61. The van der Waals surface area contributed by atoms with Gasteiger partial charge in [-0.15, -0.1) is 0 Å². The lowest BCUT2D eigenvalue weighted by molar-refractivity contribution is 0.00978. The average molecular weight is 385 g/mol. The van der Waals surface area contributed by atoms with Crippen molar-refractivity contribution in [1.82, 2.24) is 0 Å². The first-order valence-corrected chi connectivity index (χ1v) is 10.7. The summed E-state index contributed by atoms with van der Waals surface area (Å²) in [6.45, 7) is 2.79. The Morgan fingerprint density at radius 2 is 1.33 bits per heavy atom. The van der Waals surface area contributed by atoms with Gasteiger partial charge in [0, 0.05) is 6.92 Å². The summed E-state index contributed by atoms with van der Waals surface area (Å²) in [6, 6.07) is 2.27. The molecule has 1 aromatic rings. The van der Waals surface area contributed by atoms with Gasteiger partial charge in [-0.3, -0.25) is 0 Å². The molecule has 0 unspecified atom stereocenters. The summed E-state index contributed by atoms with van der Waals surface area (Å²) in [5.41, 5.74) is -0.563. The van der Waals surface area contributed by atoms with Gasteiger partial charge in [0.05, 0.1) is 5.56 Å². The molecule has 0 heterocycles. The third-order valence-corrected chi connectivity index (χ3v) is 7.00. The van der Waals surface area contributed by atoms with Crippen molar-refractivity contribution in [1.29, 1.82) is 0 Å². The quantitative estimate of drug-likeness (QED) is 0.452. The molecular weight excluding hydrogens is 352 g/mol. The maximum absolute atomic E-state index is 14.1. The van der Waals surface area contributed by atoms with Gasteiger partial charge in [0.15, 0.2) is 0 Å². The fraction of sp³-hybridized carbons (Fsp3) is 0.739. The number of hydrogen-bond donors (Lipinski definition) is 0. The van der Waals surface area contributed by atoms with Crippen LogP contribution in [0.1, 0.15) is 95.1 Å². The Morgan fingerprint density at radius 1 is 0.852 bits per heavy atom. The summed E-state index contributed by atoms with van der Waals surface area (Å²) >= 11 is 0. The fourth-order valence-electron chi connectivity index (χ4n) is 5.53. The standard InChI is InChI=1S/C23H32F4/c1-3-4-15-5-7-16(8-6-15)17-9-11-18(12-10-17)19-13-20(24)22(21(25)14-19)23(2,26)27/h13-18H,3-12H2,1-2H3/t15-,16-,17?,18?. The van der Waals surface area contributed by atoms with Crippen LogP contribution in [0.3, 0.4) is 0 Å². The van der Waals surface area contributed by atoms with E-state index in [4.69, 9.17) is 0 Å². The molecule has 0 amide bonds. The number of rotatable bonds is 5. The van der Waals surface area contributed by atoms with E-state index in [0.29, 0.717) is 12.5 Å². The fourth-order valence-corrected chi connectivity index (χ4v) is 5.53. The van der Waals surface area contributed by atoms with Gasteiger partial charge in [-0.25, -0.2) is 17.6 Å². The molecule has 0 aromatic heterocycles. The van der Waals surface area contributed by atoms with Crippen LogP contribution in [0.5, 0.6) is 0 Å². The van der Waals surface area contributed by atoms with E-state index in [0.717, 1.165) is 55.6 Å². The summed E-state index contributed by atoms with van der Waals surface area (Å²) < 4.78 is 55.0. The zero-order valence-corrected chi connectivity index (χ0v) is 16.5. The minimum atomic E-state index is -3.50. The highest BCUT2D eigenvalue weighted by Gasteiger charge is 2.35. The van der Waals surface area contributed by atoms with Crippen molar-refractivity contribution in [2.75, 3.05) is 0 Å². The van der Waals surface area contributed by atoms with Crippen LogP contribution in [0, 0.1) is 29.4 Å². The molecule has 0 radical (unpaired) electrons. The Morgan fingerprint density at radius 3 is 1.78 bits per heavy atom. The molecule has 0 spiro atoms. The first kappa shape index (κ1) is 20.7. The second kappa shape index (κ2) is 8.53. The predicted molar refractivity (Wildman–Crippen MR) is 101 cm³/mol. The van der Waals surface area contributed by atoms with Gasteiger partial charge in [-0.1, -0.05) is 32.6 Å². The topological polar surface area (TPSA) is 0 Å². The smallest absolute Gasteiger partial charge is 0.206 e. The maximum atomic E-state index is 14.1. The molecular formula is C23H32F4. The lowest BCUT2D eigenvalue weighted by Gasteiger charge is -2.38. The lowest BCUT2D eigenvalue weighted by Crippen LogP contribution is -2.25. The highest BCUT2D eigenvalue weighted by molar-refractivity contribution is 5.31. The highest BCUT2D eigenvalue weighted by Crippen LogP contribution is 2.45. The summed E-state index contributed by atoms with van der Waals surface area (Å²) in [5, 5.41) is 0. The molecule has 152 valence electrons. The molecule has 4 heteroatoms. The third kappa shape index (κ3) is 4.86. The summed E-state index contributed by atoms with van der Waals surface area (Å²) in [4.78, 5) is 0. The number of alkyl halides is 2. The van der Waals surface area contributed by atoms with Crippen molar-refractivity contribution in [2.45, 2.75) is 89.9 Å². The molecule has 0 bridgehead atoms. The lowest BCUT2D eigenvalue weighted by atomic mass is 9.68. The molecule has 3 rings (SSSR count). The van der Waals surface area contributed by atoms with Gasteiger partial charge in [-0.05, 0) is 79.9 Å². The molecule has 0 aliphatic heterocycles. The zero-order chi connectivity index (χ0) is 19.6. The Labute approximate surface area is 160 Å². The third-order valence-electron chi connectivity index (χ3n) is 7.00. The second-order valence-corrected chi connectivity index (χ2v) is 8.93. The van der Waals surface area contributed by atoms with Gasteiger partial charge >= 0.3 is 0 Å². The molecule has 2 aliphatic rings. The zero-order valence-electron chi connectivity index (χ0n) is 16.5. The summed E-state index contributed by atoms with van der Waals surface area (Å²) in [6.07, 6.45) is 11.9. The van der Waals surface area contributed by atoms with Crippen LogP contribution in [0.25, 0.3) is 0 Å². The van der Waals surface area contributed by atoms with Crippen LogP contribution >= 0.6 is 0 Å². The van der Waals surface area contributed by atoms with E-state index in [1.54, 1.807) is 0 Å². The normalized spacial score (nSPS) is 29.7. The van der Waals surface area contributed by atoms with Gasteiger partial charge < -0.3 is 0 Å². The molecule has 1 aromatic carbocycles. The van der Waals surface area contributed by atoms with E-state index >= 15 is 0 Å². The molecule has 2 aliphatic carbocycles. The first-order chi connectivity index (χ1) is 12.8.